The molecule has 29 heavy (non-hydrogen) atoms. The van der Waals surface area contributed by atoms with Crippen LogP contribution in [0.5, 0.6) is 0 Å². The van der Waals surface area contributed by atoms with Crippen LogP contribution in [0.15, 0.2) is 29.6 Å². The number of halogens is 1. The summed E-state index contributed by atoms with van der Waals surface area (Å²) in [6.07, 6.45) is 1.74. The van der Waals surface area contributed by atoms with E-state index in [2.05, 4.69) is 10.3 Å². The zero-order valence-electron chi connectivity index (χ0n) is 16.0. The van der Waals surface area contributed by atoms with E-state index in [0.29, 0.717) is 10.8 Å². The molecular formula is C20H23FN4O2S2. The summed E-state index contributed by atoms with van der Waals surface area (Å²) in [6, 6.07) is 5.90. The Morgan fingerprint density at radius 1 is 1.17 bits per heavy atom. The Bertz CT molecular complexity index is 868. The summed E-state index contributed by atoms with van der Waals surface area (Å²) in [6.45, 7) is 2.53. The van der Waals surface area contributed by atoms with Crippen molar-refractivity contribution in [3.8, 4) is 11.3 Å². The van der Waals surface area contributed by atoms with Gasteiger partial charge in [0, 0.05) is 35.5 Å². The first kappa shape index (κ1) is 20.3. The molecule has 2 amide bonds. The number of aromatic nitrogens is 1. The molecule has 0 radical (unpaired) electrons. The largest absolute Gasteiger partial charge is 0.340 e. The van der Waals surface area contributed by atoms with Gasteiger partial charge >= 0.3 is 0 Å². The number of anilines is 1. The van der Waals surface area contributed by atoms with Crippen molar-refractivity contribution < 1.29 is 14.0 Å². The Labute approximate surface area is 177 Å². The summed E-state index contributed by atoms with van der Waals surface area (Å²) in [7, 11) is 0. The van der Waals surface area contributed by atoms with Gasteiger partial charge in [-0.3, -0.25) is 14.5 Å². The van der Waals surface area contributed by atoms with Gasteiger partial charge < -0.3 is 10.2 Å². The van der Waals surface area contributed by atoms with Gasteiger partial charge in [-0.15, -0.1) is 11.3 Å². The second-order valence-corrected chi connectivity index (χ2v) is 9.24. The molecule has 1 N–H and O–H groups in total. The van der Waals surface area contributed by atoms with E-state index in [0.717, 1.165) is 49.5 Å². The van der Waals surface area contributed by atoms with Gasteiger partial charge in [0.15, 0.2) is 5.13 Å². The maximum Gasteiger partial charge on any atom is 0.240 e. The normalized spacial score (nSPS) is 20.0. The number of thioether (sulfide) groups is 1. The van der Waals surface area contributed by atoms with Crippen molar-refractivity contribution >= 4 is 40.0 Å². The van der Waals surface area contributed by atoms with E-state index in [1.165, 1.54) is 23.5 Å². The van der Waals surface area contributed by atoms with Crippen LogP contribution in [0.4, 0.5) is 9.52 Å². The molecule has 2 aromatic rings. The van der Waals surface area contributed by atoms with Crippen LogP contribution in [0, 0.1) is 5.82 Å². The van der Waals surface area contributed by atoms with Gasteiger partial charge in [0.2, 0.25) is 11.8 Å². The lowest BCUT2D eigenvalue weighted by Crippen LogP contribution is -2.49. The number of hydrogen-bond acceptors (Lipinski definition) is 6. The Balaban J connectivity index is 1.34. The van der Waals surface area contributed by atoms with Crippen LogP contribution in [0.1, 0.15) is 12.8 Å². The van der Waals surface area contributed by atoms with E-state index < -0.39 is 0 Å². The van der Waals surface area contributed by atoms with Crippen LogP contribution in [0.25, 0.3) is 11.3 Å². The van der Waals surface area contributed by atoms with Gasteiger partial charge in [0.25, 0.3) is 0 Å². The van der Waals surface area contributed by atoms with Crippen molar-refractivity contribution in [2.45, 2.75) is 18.9 Å². The van der Waals surface area contributed by atoms with Crippen molar-refractivity contribution in [2.24, 2.45) is 0 Å². The molecule has 2 fully saturated rings. The number of amides is 2. The molecule has 1 unspecified atom stereocenters. The van der Waals surface area contributed by atoms with E-state index in [1.54, 1.807) is 12.1 Å². The minimum absolute atomic E-state index is 0.156. The van der Waals surface area contributed by atoms with Gasteiger partial charge in [-0.1, -0.05) is 0 Å². The Morgan fingerprint density at radius 2 is 1.93 bits per heavy atom. The van der Waals surface area contributed by atoms with Gasteiger partial charge in [-0.05, 0) is 43.7 Å². The van der Waals surface area contributed by atoms with Crippen molar-refractivity contribution in [1.82, 2.24) is 14.8 Å². The fraction of sp³-hybridized carbons (Fsp3) is 0.450. The number of benzene rings is 1. The maximum atomic E-state index is 13.1. The van der Waals surface area contributed by atoms with E-state index in [9.17, 15) is 14.0 Å². The molecule has 2 aliphatic rings. The molecule has 0 bridgehead atoms. The summed E-state index contributed by atoms with van der Waals surface area (Å²) < 4.78 is 13.1. The number of carbonyl (C=O) groups excluding carboxylic acids is 2. The van der Waals surface area contributed by atoms with Crippen LogP contribution in [0.2, 0.25) is 0 Å². The third kappa shape index (κ3) is 4.96. The zero-order valence-corrected chi connectivity index (χ0v) is 17.6. The number of thiazole rings is 1. The lowest BCUT2D eigenvalue weighted by atomic mass is 10.2. The second kappa shape index (κ2) is 9.23. The van der Waals surface area contributed by atoms with Crippen LogP contribution in [-0.2, 0) is 9.59 Å². The van der Waals surface area contributed by atoms with Gasteiger partial charge in [-0.2, -0.15) is 11.8 Å². The van der Waals surface area contributed by atoms with Crippen molar-refractivity contribution in [3.05, 3.63) is 35.5 Å². The molecule has 9 heteroatoms. The summed E-state index contributed by atoms with van der Waals surface area (Å²) >= 11 is 3.21. The SMILES string of the molecule is O=C(CN1CCCC1C(=O)N1CCSCC1)Nc1nc(-c2ccc(F)cc2)cs1. The maximum absolute atomic E-state index is 13.1. The summed E-state index contributed by atoms with van der Waals surface area (Å²) in [5.41, 5.74) is 1.50. The number of likely N-dealkylation sites (tertiary alicyclic amines) is 1. The molecule has 1 aromatic heterocycles. The molecular weight excluding hydrogens is 411 g/mol. The van der Waals surface area contributed by atoms with Gasteiger partial charge in [0.05, 0.1) is 18.3 Å². The first-order valence-electron chi connectivity index (χ1n) is 9.72. The molecule has 1 aromatic carbocycles. The molecule has 154 valence electrons. The van der Waals surface area contributed by atoms with Crippen LogP contribution >= 0.6 is 23.1 Å². The van der Waals surface area contributed by atoms with E-state index >= 15 is 0 Å². The minimum Gasteiger partial charge on any atom is -0.340 e. The first-order valence-corrected chi connectivity index (χ1v) is 11.8. The highest BCUT2D eigenvalue weighted by molar-refractivity contribution is 7.99. The van der Waals surface area contributed by atoms with E-state index in [-0.39, 0.29) is 30.2 Å². The van der Waals surface area contributed by atoms with Gasteiger partial charge in [-0.25, -0.2) is 9.37 Å². The zero-order chi connectivity index (χ0) is 20.2. The average molecular weight is 435 g/mol. The highest BCUT2D eigenvalue weighted by atomic mass is 32.2. The first-order chi connectivity index (χ1) is 14.1. The highest BCUT2D eigenvalue weighted by Gasteiger charge is 2.35. The third-order valence-electron chi connectivity index (χ3n) is 5.21. The standard InChI is InChI=1S/C20H23FN4O2S2/c21-15-5-3-14(4-6-15)16-13-29-20(22-16)23-18(26)12-25-7-1-2-17(25)19(27)24-8-10-28-11-9-24/h3-6,13,17H,1-2,7-12H2,(H,22,23,26). The fourth-order valence-electron chi connectivity index (χ4n) is 3.72. The number of rotatable bonds is 5. The molecule has 0 spiro atoms. The van der Waals surface area contributed by atoms with Gasteiger partial charge in [0.1, 0.15) is 5.82 Å². The molecule has 6 nitrogen and oxygen atoms in total. The third-order valence-corrected chi connectivity index (χ3v) is 6.91. The molecule has 3 heterocycles. The monoisotopic (exact) mass is 434 g/mol. The number of hydrogen-bond donors (Lipinski definition) is 1. The molecule has 0 aliphatic carbocycles. The summed E-state index contributed by atoms with van der Waals surface area (Å²) in [5, 5.41) is 5.17. The lowest BCUT2D eigenvalue weighted by Gasteiger charge is -2.32. The minimum atomic E-state index is -0.296. The van der Waals surface area contributed by atoms with E-state index in [1.807, 2.05) is 26.9 Å². The second-order valence-electron chi connectivity index (χ2n) is 7.16. The Hall–Kier alpha value is -1.97. The summed E-state index contributed by atoms with van der Waals surface area (Å²) in [5.74, 6) is 1.66. The van der Waals surface area contributed by atoms with Crippen molar-refractivity contribution in [3.63, 3.8) is 0 Å². The average Bonchev–Trinajstić information content (AvgIpc) is 3.38. The Morgan fingerprint density at radius 3 is 2.69 bits per heavy atom. The number of carbonyl (C=O) groups is 2. The predicted molar refractivity (Wildman–Crippen MR) is 115 cm³/mol. The fourth-order valence-corrected chi connectivity index (χ4v) is 5.36. The number of nitrogens with zero attached hydrogens (tertiary/aromatic N) is 3. The highest BCUT2D eigenvalue weighted by Crippen LogP contribution is 2.26. The smallest absolute Gasteiger partial charge is 0.240 e. The van der Waals surface area contributed by atoms with Crippen LogP contribution in [0.3, 0.4) is 0 Å². The molecule has 0 saturated carbocycles. The Kier molecular flexibility index (Phi) is 6.46. The number of nitrogens with one attached hydrogen (secondary N) is 1. The summed E-state index contributed by atoms with van der Waals surface area (Å²) in [4.78, 5) is 33.7. The van der Waals surface area contributed by atoms with Crippen molar-refractivity contribution in [2.75, 3.05) is 43.0 Å². The van der Waals surface area contributed by atoms with Crippen molar-refractivity contribution in [1.29, 1.82) is 0 Å². The van der Waals surface area contributed by atoms with E-state index in [4.69, 9.17) is 0 Å². The quantitative estimate of drug-likeness (QED) is 0.784. The van der Waals surface area contributed by atoms with Crippen LogP contribution < -0.4 is 5.32 Å². The molecule has 2 aliphatic heterocycles. The topological polar surface area (TPSA) is 65.5 Å². The molecule has 4 rings (SSSR count). The predicted octanol–water partition coefficient (Wildman–Crippen LogP) is 2.93. The lowest BCUT2D eigenvalue weighted by molar-refractivity contribution is -0.136. The van der Waals surface area contributed by atoms with Crippen LogP contribution in [-0.4, -0.2) is 70.3 Å². The molecule has 1 atom stereocenters. The molecule has 2 saturated heterocycles.